The van der Waals surface area contributed by atoms with E-state index >= 15 is 0 Å². The minimum absolute atomic E-state index is 0.0315. The van der Waals surface area contributed by atoms with Gasteiger partial charge in [-0.3, -0.25) is 14.6 Å². The van der Waals surface area contributed by atoms with Gasteiger partial charge in [0, 0.05) is 51.9 Å². The Morgan fingerprint density at radius 2 is 2.06 bits per heavy atom. The minimum Gasteiger partial charge on any atom is -0.354 e. The maximum absolute atomic E-state index is 11.6. The maximum atomic E-state index is 11.6. The minimum atomic E-state index is 0.0315. The van der Waals surface area contributed by atoms with Crippen LogP contribution in [0.25, 0.3) is 0 Å². The van der Waals surface area contributed by atoms with Crippen molar-refractivity contribution in [3.05, 3.63) is 0 Å². The lowest BCUT2D eigenvalue weighted by Gasteiger charge is -2.43. The van der Waals surface area contributed by atoms with Crippen molar-refractivity contribution >= 4 is 5.91 Å². The zero-order valence-electron chi connectivity index (χ0n) is 10.7. The topological polar surface area (TPSA) is 71.4 Å². The Bertz CT molecular complexity index is 315. The number of hydrogen-bond donors (Lipinski definition) is 2. The average molecular weight is 251 g/mol. The Kier molecular flexibility index (Phi) is 4.93. The SMILES string of the molecule is N#CCCNC(=O)CN1CCN(C2CNC2)CC1. The highest BCUT2D eigenvalue weighted by atomic mass is 16.2. The first-order valence-corrected chi connectivity index (χ1v) is 6.60. The summed E-state index contributed by atoms with van der Waals surface area (Å²) in [6, 6.07) is 2.72. The first-order chi connectivity index (χ1) is 8.79. The average Bonchev–Trinajstić information content (AvgIpc) is 2.30. The monoisotopic (exact) mass is 251 g/mol. The molecule has 0 radical (unpaired) electrons. The Morgan fingerprint density at radius 3 is 2.61 bits per heavy atom. The van der Waals surface area contributed by atoms with Gasteiger partial charge < -0.3 is 10.6 Å². The summed E-state index contributed by atoms with van der Waals surface area (Å²) in [5, 5.41) is 14.4. The molecule has 18 heavy (non-hydrogen) atoms. The van der Waals surface area contributed by atoms with Gasteiger partial charge in [0.2, 0.25) is 5.91 Å². The van der Waals surface area contributed by atoms with E-state index in [4.69, 9.17) is 5.26 Å². The van der Waals surface area contributed by atoms with Crippen LogP contribution in [0.1, 0.15) is 6.42 Å². The van der Waals surface area contributed by atoms with Crippen LogP contribution in [-0.2, 0) is 4.79 Å². The van der Waals surface area contributed by atoms with Gasteiger partial charge in [0.25, 0.3) is 0 Å². The molecule has 0 aromatic rings. The van der Waals surface area contributed by atoms with Crippen LogP contribution in [0.2, 0.25) is 0 Å². The van der Waals surface area contributed by atoms with E-state index in [9.17, 15) is 4.79 Å². The van der Waals surface area contributed by atoms with E-state index in [1.165, 1.54) is 0 Å². The summed E-state index contributed by atoms with van der Waals surface area (Å²) in [5.74, 6) is 0.0315. The van der Waals surface area contributed by atoms with Crippen LogP contribution in [0.15, 0.2) is 0 Å². The first kappa shape index (κ1) is 13.3. The molecule has 6 heteroatoms. The number of piperazine rings is 1. The van der Waals surface area contributed by atoms with E-state index in [-0.39, 0.29) is 5.91 Å². The van der Waals surface area contributed by atoms with Crippen molar-refractivity contribution in [2.45, 2.75) is 12.5 Å². The van der Waals surface area contributed by atoms with E-state index in [1.807, 2.05) is 6.07 Å². The number of nitriles is 1. The molecule has 0 aromatic carbocycles. The number of carbonyl (C=O) groups excluding carboxylic acids is 1. The molecule has 2 saturated heterocycles. The summed E-state index contributed by atoms with van der Waals surface area (Å²) < 4.78 is 0. The van der Waals surface area contributed by atoms with Gasteiger partial charge in [-0.25, -0.2) is 0 Å². The molecule has 1 amide bonds. The molecular weight excluding hydrogens is 230 g/mol. The van der Waals surface area contributed by atoms with Crippen molar-refractivity contribution in [3.8, 4) is 6.07 Å². The van der Waals surface area contributed by atoms with E-state index in [2.05, 4.69) is 20.4 Å². The molecule has 2 aliphatic rings. The van der Waals surface area contributed by atoms with Crippen LogP contribution < -0.4 is 10.6 Å². The van der Waals surface area contributed by atoms with Crippen molar-refractivity contribution in [2.75, 3.05) is 52.4 Å². The lowest BCUT2D eigenvalue weighted by atomic mass is 10.1. The summed E-state index contributed by atoms with van der Waals surface area (Å²) in [6.07, 6.45) is 0.383. The normalized spacial score (nSPS) is 22.2. The largest absolute Gasteiger partial charge is 0.354 e. The molecule has 2 rings (SSSR count). The third-order valence-corrected chi connectivity index (χ3v) is 3.61. The number of nitrogens with zero attached hydrogens (tertiary/aromatic N) is 3. The Labute approximate surface area is 108 Å². The van der Waals surface area contributed by atoms with Gasteiger partial charge in [-0.15, -0.1) is 0 Å². The predicted molar refractivity (Wildman–Crippen MR) is 67.9 cm³/mol. The summed E-state index contributed by atoms with van der Waals surface area (Å²) in [4.78, 5) is 16.3. The second-order valence-corrected chi connectivity index (χ2v) is 4.88. The second kappa shape index (κ2) is 6.69. The van der Waals surface area contributed by atoms with Crippen LogP contribution >= 0.6 is 0 Å². The van der Waals surface area contributed by atoms with Crippen LogP contribution in [0.5, 0.6) is 0 Å². The molecule has 100 valence electrons. The van der Waals surface area contributed by atoms with Crippen molar-refractivity contribution in [1.29, 1.82) is 5.26 Å². The third kappa shape index (κ3) is 3.67. The predicted octanol–water partition coefficient (Wildman–Crippen LogP) is -1.39. The summed E-state index contributed by atoms with van der Waals surface area (Å²) in [5.41, 5.74) is 0. The quantitative estimate of drug-likeness (QED) is 0.588. The maximum Gasteiger partial charge on any atom is 0.234 e. The lowest BCUT2D eigenvalue weighted by molar-refractivity contribution is -0.122. The number of amides is 1. The summed E-state index contributed by atoms with van der Waals surface area (Å²) >= 11 is 0. The van der Waals surface area contributed by atoms with E-state index in [0.29, 0.717) is 25.6 Å². The molecule has 2 heterocycles. The Morgan fingerprint density at radius 1 is 1.33 bits per heavy atom. The molecule has 0 atom stereocenters. The van der Waals surface area contributed by atoms with Gasteiger partial charge in [0.05, 0.1) is 19.0 Å². The molecular formula is C12H21N5O. The second-order valence-electron chi connectivity index (χ2n) is 4.88. The number of hydrogen-bond acceptors (Lipinski definition) is 5. The van der Waals surface area contributed by atoms with Crippen LogP contribution in [0, 0.1) is 11.3 Å². The molecule has 2 N–H and O–H groups in total. The van der Waals surface area contributed by atoms with E-state index < -0.39 is 0 Å². The first-order valence-electron chi connectivity index (χ1n) is 6.60. The van der Waals surface area contributed by atoms with Crippen molar-refractivity contribution < 1.29 is 4.79 Å². The zero-order valence-corrected chi connectivity index (χ0v) is 10.7. The smallest absolute Gasteiger partial charge is 0.234 e. The highest BCUT2D eigenvalue weighted by Crippen LogP contribution is 2.09. The fraction of sp³-hybridized carbons (Fsp3) is 0.833. The molecule has 0 saturated carbocycles. The standard InChI is InChI=1S/C12H21N5O/c13-2-1-3-15-12(18)10-16-4-6-17(7-5-16)11-8-14-9-11/h11,14H,1,3-10H2,(H,15,18). The summed E-state index contributed by atoms with van der Waals surface area (Å²) in [7, 11) is 0. The van der Waals surface area contributed by atoms with E-state index in [1.54, 1.807) is 0 Å². The van der Waals surface area contributed by atoms with Crippen LogP contribution in [-0.4, -0.2) is 74.1 Å². The summed E-state index contributed by atoms with van der Waals surface area (Å²) in [6.45, 7) is 7.16. The number of rotatable bonds is 5. The van der Waals surface area contributed by atoms with Gasteiger partial charge in [-0.1, -0.05) is 0 Å². The van der Waals surface area contributed by atoms with Gasteiger partial charge in [0.1, 0.15) is 0 Å². The van der Waals surface area contributed by atoms with E-state index in [0.717, 1.165) is 39.3 Å². The van der Waals surface area contributed by atoms with Crippen LogP contribution in [0.3, 0.4) is 0 Å². The third-order valence-electron chi connectivity index (χ3n) is 3.61. The van der Waals surface area contributed by atoms with Crippen molar-refractivity contribution in [2.24, 2.45) is 0 Å². The molecule has 2 fully saturated rings. The number of nitrogens with one attached hydrogen (secondary N) is 2. The molecule has 0 spiro atoms. The fourth-order valence-corrected chi connectivity index (χ4v) is 2.34. The Hall–Kier alpha value is -1.16. The fourth-order valence-electron chi connectivity index (χ4n) is 2.34. The van der Waals surface area contributed by atoms with Gasteiger partial charge in [0.15, 0.2) is 0 Å². The molecule has 6 nitrogen and oxygen atoms in total. The highest BCUT2D eigenvalue weighted by molar-refractivity contribution is 5.78. The lowest BCUT2D eigenvalue weighted by Crippen LogP contribution is -2.62. The molecule has 0 aromatic heterocycles. The Balaban J connectivity index is 1.60. The van der Waals surface area contributed by atoms with Gasteiger partial charge >= 0.3 is 0 Å². The van der Waals surface area contributed by atoms with Crippen LogP contribution in [0.4, 0.5) is 0 Å². The molecule has 0 bridgehead atoms. The van der Waals surface area contributed by atoms with Gasteiger partial charge in [-0.2, -0.15) is 5.26 Å². The van der Waals surface area contributed by atoms with Crippen molar-refractivity contribution in [3.63, 3.8) is 0 Å². The highest BCUT2D eigenvalue weighted by Gasteiger charge is 2.27. The van der Waals surface area contributed by atoms with Crippen molar-refractivity contribution in [1.82, 2.24) is 20.4 Å². The number of carbonyl (C=O) groups is 1. The van der Waals surface area contributed by atoms with Gasteiger partial charge in [-0.05, 0) is 0 Å². The molecule has 0 aliphatic carbocycles. The molecule has 2 aliphatic heterocycles. The molecule has 0 unspecified atom stereocenters. The zero-order chi connectivity index (χ0) is 12.8.